The Morgan fingerprint density at radius 2 is 0.318 bits per heavy atom. The fourth-order valence-corrected chi connectivity index (χ4v) is 0. The molecule has 0 fully saturated rings. The second-order valence-electron chi connectivity index (χ2n) is 1.13. The molecule has 0 heterocycles. The Morgan fingerprint density at radius 3 is 0.318 bits per heavy atom. The molecule has 0 aromatic rings. The fourth-order valence-electron chi connectivity index (χ4n) is 0. The van der Waals surface area contributed by atoms with Crippen molar-refractivity contribution in [1.29, 1.82) is 0 Å². The zero-order valence-electron chi connectivity index (χ0n) is 7.21. The van der Waals surface area contributed by atoms with Crippen molar-refractivity contribution in [1.82, 2.24) is 0 Å². The van der Waals surface area contributed by atoms with E-state index in [0.29, 0.717) is 0 Å². The van der Waals surface area contributed by atoms with Crippen molar-refractivity contribution in [3.8, 4) is 0 Å². The molecule has 0 spiro atoms. The number of hydrogen-bond acceptors (Lipinski definition) is 4. The third kappa shape index (κ3) is 675. The van der Waals surface area contributed by atoms with Crippen LogP contribution >= 0.6 is 0 Å². The zero-order valence-corrected chi connectivity index (χ0v) is 11.2. The van der Waals surface area contributed by atoms with Crippen LogP contribution in [0.1, 0.15) is 0 Å². The Labute approximate surface area is 264 Å². The van der Waals surface area contributed by atoms with Crippen LogP contribution in [0.5, 0.6) is 0 Å². The summed E-state index contributed by atoms with van der Waals surface area (Å²) in [6, 6.07) is 0. The van der Waals surface area contributed by atoms with Gasteiger partial charge in [-0.05, 0) is 0 Å². The molecule has 8 N–H and O–H groups in total. The summed E-state index contributed by atoms with van der Waals surface area (Å²) >= 11 is 0. The van der Waals surface area contributed by atoms with Gasteiger partial charge in [0.2, 0.25) is 0 Å². The van der Waals surface area contributed by atoms with Gasteiger partial charge in [0.05, 0.1) is 0 Å². The minimum absolute atomic E-state index is 0. The molecule has 0 aliphatic rings. The topological polar surface area (TPSA) is 230 Å². The third-order valence-corrected chi connectivity index (χ3v) is 0. The van der Waals surface area contributed by atoms with Gasteiger partial charge < -0.3 is 38.4 Å². The Kier molecular flexibility index (Phi) is 162. The molecule has 0 aromatic carbocycles. The van der Waals surface area contributed by atoms with Crippen LogP contribution < -0.4 is 0 Å². The summed E-state index contributed by atoms with van der Waals surface area (Å²) in [5, 5.41) is 0. The van der Waals surface area contributed by atoms with Crippen LogP contribution in [0.15, 0.2) is 0 Å². The summed E-state index contributed by atoms with van der Waals surface area (Å²) in [4.78, 5) is 57.3. The van der Waals surface area contributed by atoms with E-state index in [-0.39, 0.29) is 177 Å². The quantitative estimate of drug-likeness (QED) is 0.159. The predicted octanol–water partition coefficient (Wildman–Crippen LogP) is -10.3. The molecule has 0 aliphatic heterocycles. The van der Waals surface area contributed by atoms with E-state index in [9.17, 15) is 0 Å². The van der Waals surface area contributed by atoms with Crippen molar-refractivity contribution in [2.24, 2.45) is 0 Å². The number of rotatable bonds is 0. The molecule has 0 amide bonds. The van der Waals surface area contributed by atoms with Gasteiger partial charge in [-0.2, -0.15) is 0 Å². The van der Waals surface area contributed by atoms with Crippen molar-refractivity contribution in [2.75, 3.05) is 0 Å². The van der Waals surface area contributed by atoms with E-state index in [0.717, 1.165) is 0 Å². The molecule has 0 rings (SSSR count). The van der Waals surface area contributed by atoms with Crippen LogP contribution in [0.2, 0.25) is 0 Å². The second kappa shape index (κ2) is 56.2. The van der Waals surface area contributed by atoms with Crippen molar-refractivity contribution >= 4 is 214 Å². The van der Waals surface area contributed by atoms with E-state index in [1.165, 1.54) is 0 Å². The molecular weight excluding hydrogens is 442 g/mol. The van der Waals surface area contributed by atoms with Crippen molar-refractivity contribution in [2.45, 2.75) is 0 Å². The third-order valence-electron chi connectivity index (χ3n) is 0. The predicted molar refractivity (Wildman–Crippen MR) is 86.4 cm³/mol. The molecule has 0 aliphatic carbocycles. The van der Waals surface area contributed by atoms with Crippen LogP contribution in [-0.2, 0) is 17.8 Å². The van der Waals surface area contributed by atoms with Gasteiger partial charge in [-0.1, -0.05) is 0 Å². The van der Waals surface area contributed by atoms with E-state index in [4.69, 9.17) is 56.2 Å². The van der Waals surface area contributed by atoms with Crippen LogP contribution in [0, 0.1) is 0 Å². The first-order valence-corrected chi connectivity index (χ1v) is 7.82. The van der Waals surface area contributed by atoms with Crippen molar-refractivity contribution < 1.29 is 56.2 Å². The summed E-state index contributed by atoms with van der Waals surface area (Å²) in [7, 11) is -12.5. The monoisotopic (exact) mass is 456 g/mol. The molecular formula is H14Na6O12Si4. The van der Waals surface area contributed by atoms with Gasteiger partial charge in [0.15, 0.2) is 0 Å². The molecule has 0 saturated carbocycles. The Bertz CT molecular complexity index is 172. The Balaban J connectivity index is -0.00000001000. The van der Waals surface area contributed by atoms with Crippen molar-refractivity contribution in [3.63, 3.8) is 0 Å². The standard InChI is InChI=1S/6Na.4H2O3Si.6H/c;;;;;;4*1-4(2)3;;;;;;/h;;;;;;4*1-2H;;;;;;. The minimum atomic E-state index is -3.13. The maximum atomic E-state index is 8.74. The molecule has 0 aromatic heterocycles. The van der Waals surface area contributed by atoms with E-state index in [1.807, 2.05) is 0 Å². The van der Waals surface area contributed by atoms with Gasteiger partial charge in [-0.15, -0.1) is 0 Å². The average Bonchev–Trinajstić information content (AvgIpc) is 1.76. The van der Waals surface area contributed by atoms with E-state index in [2.05, 4.69) is 0 Å². The summed E-state index contributed by atoms with van der Waals surface area (Å²) in [6.07, 6.45) is 0. The molecule has 22 heavy (non-hydrogen) atoms. The van der Waals surface area contributed by atoms with Gasteiger partial charge in [0.1, 0.15) is 0 Å². The normalized spacial score (nSPS) is 4.36. The van der Waals surface area contributed by atoms with Crippen LogP contribution in [0.25, 0.3) is 0 Å². The molecule has 0 saturated heterocycles. The van der Waals surface area contributed by atoms with E-state index >= 15 is 0 Å². The summed E-state index contributed by atoms with van der Waals surface area (Å²) in [5.41, 5.74) is 0. The van der Waals surface area contributed by atoms with Gasteiger partial charge in [0.25, 0.3) is 0 Å². The van der Waals surface area contributed by atoms with Crippen molar-refractivity contribution in [3.05, 3.63) is 0 Å². The maximum absolute atomic E-state index is 8.74. The molecule has 0 radical (unpaired) electrons. The molecule has 22 heteroatoms. The SMILES string of the molecule is O=[Si](O)O.O=[Si](O)O.O=[Si](O)O.O=[Si](O)O.[NaH].[NaH].[NaH].[NaH].[NaH].[NaH]. The summed E-state index contributed by atoms with van der Waals surface area (Å²) in [5.74, 6) is 0. The fraction of sp³-hybridized carbons (Fsp3) is 0. The molecule has 108 valence electrons. The second-order valence-corrected chi connectivity index (χ2v) is 3.39. The van der Waals surface area contributed by atoms with Gasteiger partial charge in [-0.25, -0.2) is 0 Å². The van der Waals surface area contributed by atoms with Crippen LogP contribution in [0.3, 0.4) is 0 Å². The van der Waals surface area contributed by atoms with E-state index in [1.54, 1.807) is 0 Å². The first-order chi connectivity index (χ1) is 6.93. The van der Waals surface area contributed by atoms with Crippen LogP contribution in [-0.4, -0.2) is 252 Å². The molecule has 12 nitrogen and oxygen atoms in total. The molecule has 0 bridgehead atoms. The summed E-state index contributed by atoms with van der Waals surface area (Å²) in [6.45, 7) is 0. The Morgan fingerprint density at radius 1 is 0.318 bits per heavy atom. The number of hydrogen-bond donors (Lipinski definition) is 8. The summed E-state index contributed by atoms with van der Waals surface area (Å²) < 4.78 is 35.0. The zero-order chi connectivity index (χ0) is 14.3. The average molecular weight is 456 g/mol. The van der Waals surface area contributed by atoms with Gasteiger partial charge in [-0.3, -0.25) is 17.8 Å². The molecule has 0 unspecified atom stereocenters. The van der Waals surface area contributed by atoms with Gasteiger partial charge in [0, 0.05) is 0 Å². The van der Waals surface area contributed by atoms with E-state index < -0.39 is 36.7 Å². The first-order valence-electron chi connectivity index (χ1n) is 2.61. The Hall–Kier alpha value is 4.47. The van der Waals surface area contributed by atoms with Crippen LogP contribution in [0.4, 0.5) is 0 Å². The molecule has 0 atom stereocenters. The first kappa shape index (κ1) is 63.3. The van der Waals surface area contributed by atoms with Gasteiger partial charge >= 0.3 is 214 Å².